The Morgan fingerprint density at radius 3 is 3.05 bits per heavy atom. The van der Waals surface area contributed by atoms with Gasteiger partial charge in [-0.3, -0.25) is 9.78 Å². The maximum absolute atomic E-state index is 12.7. The van der Waals surface area contributed by atoms with Gasteiger partial charge in [-0.2, -0.15) is 0 Å². The normalized spacial score (nSPS) is 18.8. The van der Waals surface area contributed by atoms with E-state index in [1.54, 1.807) is 6.20 Å². The highest BCUT2D eigenvalue weighted by Crippen LogP contribution is 2.28. The number of carbonyl (C=O) groups excluding carboxylic acids is 1. The number of nitrogens with zero attached hydrogens (tertiary/aromatic N) is 3. The summed E-state index contributed by atoms with van der Waals surface area (Å²) in [6, 6.07) is 5.80. The lowest BCUT2D eigenvalue weighted by atomic mass is 10.2. The molecule has 0 spiro atoms. The van der Waals surface area contributed by atoms with Gasteiger partial charge >= 0.3 is 0 Å². The van der Waals surface area contributed by atoms with Crippen LogP contribution in [0, 0.1) is 6.92 Å². The molecule has 21 heavy (non-hydrogen) atoms. The highest BCUT2D eigenvalue weighted by Gasteiger charge is 2.28. The second kappa shape index (κ2) is 5.91. The first kappa shape index (κ1) is 14.2. The van der Waals surface area contributed by atoms with E-state index in [0.717, 1.165) is 16.4 Å². The Kier molecular flexibility index (Phi) is 3.98. The average Bonchev–Trinajstić information content (AvgIpc) is 2.90. The molecule has 1 aliphatic heterocycles. The van der Waals surface area contributed by atoms with Crippen molar-refractivity contribution in [2.75, 3.05) is 19.8 Å². The quantitative estimate of drug-likeness (QED) is 0.854. The SMILES string of the molecule is Cc1nc(-c2ccccn2)sc1C(=O)N1CCOC[C@@H]1C. The lowest BCUT2D eigenvalue weighted by Gasteiger charge is -2.33. The van der Waals surface area contributed by atoms with Crippen LogP contribution in [-0.4, -0.2) is 46.6 Å². The van der Waals surface area contributed by atoms with Crippen molar-refractivity contribution in [3.8, 4) is 10.7 Å². The Bertz CT molecular complexity index is 642. The van der Waals surface area contributed by atoms with Crippen LogP contribution in [0.1, 0.15) is 22.3 Å². The van der Waals surface area contributed by atoms with Crippen LogP contribution >= 0.6 is 11.3 Å². The van der Waals surface area contributed by atoms with E-state index >= 15 is 0 Å². The molecule has 110 valence electrons. The third-order valence-corrected chi connectivity index (χ3v) is 4.67. The average molecular weight is 303 g/mol. The molecule has 5 nitrogen and oxygen atoms in total. The number of pyridine rings is 1. The van der Waals surface area contributed by atoms with Gasteiger partial charge in [-0.25, -0.2) is 4.98 Å². The van der Waals surface area contributed by atoms with E-state index in [2.05, 4.69) is 9.97 Å². The Labute approximate surface area is 127 Å². The molecule has 0 N–H and O–H groups in total. The number of carbonyl (C=O) groups is 1. The van der Waals surface area contributed by atoms with Crippen molar-refractivity contribution in [2.24, 2.45) is 0 Å². The maximum atomic E-state index is 12.7. The Morgan fingerprint density at radius 1 is 1.48 bits per heavy atom. The monoisotopic (exact) mass is 303 g/mol. The summed E-state index contributed by atoms with van der Waals surface area (Å²) in [6.07, 6.45) is 1.73. The molecule has 0 saturated carbocycles. The minimum Gasteiger partial charge on any atom is -0.377 e. The first-order chi connectivity index (χ1) is 10.2. The summed E-state index contributed by atoms with van der Waals surface area (Å²) in [6.45, 7) is 5.71. The van der Waals surface area contributed by atoms with Crippen molar-refractivity contribution in [3.63, 3.8) is 0 Å². The van der Waals surface area contributed by atoms with Crippen LogP contribution in [-0.2, 0) is 4.74 Å². The van der Waals surface area contributed by atoms with Crippen molar-refractivity contribution >= 4 is 17.2 Å². The van der Waals surface area contributed by atoms with Crippen LogP contribution in [0.4, 0.5) is 0 Å². The van der Waals surface area contributed by atoms with Gasteiger partial charge in [0.2, 0.25) is 0 Å². The molecular formula is C15H17N3O2S. The molecule has 1 aliphatic rings. The zero-order valence-corrected chi connectivity index (χ0v) is 12.9. The molecule has 1 amide bonds. The van der Waals surface area contributed by atoms with E-state index in [9.17, 15) is 4.79 Å². The lowest BCUT2D eigenvalue weighted by Crippen LogP contribution is -2.47. The van der Waals surface area contributed by atoms with Crippen molar-refractivity contribution < 1.29 is 9.53 Å². The van der Waals surface area contributed by atoms with Crippen LogP contribution in [0.5, 0.6) is 0 Å². The van der Waals surface area contributed by atoms with Gasteiger partial charge in [-0.05, 0) is 26.0 Å². The number of hydrogen-bond acceptors (Lipinski definition) is 5. The van der Waals surface area contributed by atoms with Crippen molar-refractivity contribution in [3.05, 3.63) is 35.0 Å². The van der Waals surface area contributed by atoms with Gasteiger partial charge in [0, 0.05) is 12.7 Å². The van der Waals surface area contributed by atoms with E-state index < -0.39 is 0 Å². The largest absolute Gasteiger partial charge is 0.377 e. The number of rotatable bonds is 2. The summed E-state index contributed by atoms with van der Waals surface area (Å²) in [7, 11) is 0. The fourth-order valence-corrected chi connectivity index (χ4v) is 3.35. The van der Waals surface area contributed by atoms with Gasteiger partial charge < -0.3 is 9.64 Å². The summed E-state index contributed by atoms with van der Waals surface area (Å²) in [5, 5.41) is 0.789. The molecular weight excluding hydrogens is 286 g/mol. The molecule has 0 radical (unpaired) electrons. The Morgan fingerprint density at radius 2 is 2.33 bits per heavy atom. The topological polar surface area (TPSA) is 55.3 Å². The van der Waals surface area contributed by atoms with E-state index in [-0.39, 0.29) is 11.9 Å². The Balaban J connectivity index is 1.89. The van der Waals surface area contributed by atoms with E-state index in [4.69, 9.17) is 4.74 Å². The van der Waals surface area contributed by atoms with Crippen LogP contribution in [0.2, 0.25) is 0 Å². The third kappa shape index (κ3) is 2.82. The second-order valence-corrected chi connectivity index (χ2v) is 6.07. The summed E-state index contributed by atoms with van der Waals surface area (Å²) in [5.74, 6) is 0.0444. The number of amides is 1. The number of morpholine rings is 1. The number of aromatic nitrogens is 2. The van der Waals surface area contributed by atoms with Gasteiger partial charge in [0.05, 0.1) is 30.6 Å². The van der Waals surface area contributed by atoms with E-state index in [1.165, 1.54) is 11.3 Å². The fraction of sp³-hybridized carbons (Fsp3) is 0.400. The first-order valence-corrected chi connectivity index (χ1v) is 7.76. The molecule has 3 rings (SSSR count). The minimum absolute atomic E-state index is 0.0444. The zero-order valence-electron chi connectivity index (χ0n) is 12.1. The summed E-state index contributed by atoms with van der Waals surface area (Å²) >= 11 is 1.41. The Hall–Kier alpha value is -1.79. The summed E-state index contributed by atoms with van der Waals surface area (Å²) in [5.41, 5.74) is 1.57. The number of thiazole rings is 1. The van der Waals surface area contributed by atoms with Gasteiger partial charge in [-0.1, -0.05) is 6.07 Å². The highest BCUT2D eigenvalue weighted by molar-refractivity contribution is 7.17. The highest BCUT2D eigenvalue weighted by atomic mass is 32.1. The predicted molar refractivity (Wildman–Crippen MR) is 81.4 cm³/mol. The molecule has 0 unspecified atom stereocenters. The fourth-order valence-electron chi connectivity index (χ4n) is 2.35. The van der Waals surface area contributed by atoms with Crippen molar-refractivity contribution in [1.82, 2.24) is 14.9 Å². The van der Waals surface area contributed by atoms with Gasteiger partial charge in [0.1, 0.15) is 9.88 Å². The lowest BCUT2D eigenvalue weighted by molar-refractivity contribution is 0.00381. The molecule has 0 aromatic carbocycles. The van der Waals surface area contributed by atoms with Crippen molar-refractivity contribution in [2.45, 2.75) is 19.9 Å². The van der Waals surface area contributed by atoms with Crippen LogP contribution in [0.3, 0.4) is 0 Å². The van der Waals surface area contributed by atoms with Gasteiger partial charge in [0.25, 0.3) is 5.91 Å². The molecule has 0 bridgehead atoms. The summed E-state index contributed by atoms with van der Waals surface area (Å²) in [4.78, 5) is 24.1. The molecule has 1 saturated heterocycles. The molecule has 0 aliphatic carbocycles. The van der Waals surface area contributed by atoms with Gasteiger partial charge in [-0.15, -0.1) is 11.3 Å². The number of ether oxygens (including phenoxy) is 1. The summed E-state index contributed by atoms with van der Waals surface area (Å²) < 4.78 is 5.39. The molecule has 2 aromatic rings. The third-order valence-electron chi connectivity index (χ3n) is 3.50. The molecule has 1 fully saturated rings. The molecule has 2 aromatic heterocycles. The van der Waals surface area contributed by atoms with Crippen LogP contribution in [0.25, 0.3) is 10.7 Å². The molecule has 6 heteroatoms. The first-order valence-electron chi connectivity index (χ1n) is 6.94. The predicted octanol–water partition coefficient (Wildman–Crippen LogP) is 2.37. The van der Waals surface area contributed by atoms with Crippen molar-refractivity contribution in [1.29, 1.82) is 0 Å². The number of hydrogen-bond donors (Lipinski definition) is 0. The second-order valence-electron chi connectivity index (χ2n) is 5.07. The van der Waals surface area contributed by atoms with Gasteiger partial charge in [0.15, 0.2) is 0 Å². The maximum Gasteiger partial charge on any atom is 0.266 e. The zero-order chi connectivity index (χ0) is 14.8. The molecule has 1 atom stereocenters. The minimum atomic E-state index is 0.0444. The van der Waals surface area contributed by atoms with E-state index in [1.807, 2.05) is 36.9 Å². The number of aryl methyl sites for hydroxylation is 1. The van der Waals surface area contributed by atoms with E-state index in [0.29, 0.717) is 24.6 Å². The molecule has 3 heterocycles. The van der Waals surface area contributed by atoms with Crippen LogP contribution < -0.4 is 0 Å². The smallest absolute Gasteiger partial charge is 0.266 e. The standard InChI is InChI=1S/C15H17N3O2S/c1-10-9-20-8-7-18(10)15(19)13-11(2)17-14(21-13)12-5-3-4-6-16-12/h3-6,10H,7-9H2,1-2H3/t10-/m0/s1. The van der Waals surface area contributed by atoms with Crippen LogP contribution in [0.15, 0.2) is 24.4 Å².